The number of anilines is 2. The fourth-order valence-electron chi connectivity index (χ4n) is 5.18. The van der Waals surface area contributed by atoms with Crippen molar-refractivity contribution in [2.45, 2.75) is 32.7 Å². The highest BCUT2D eigenvalue weighted by Crippen LogP contribution is 2.34. The molecular weight excluding hydrogens is 450 g/mol. The number of nitrogen functional groups attached to an aromatic ring is 1. The van der Waals surface area contributed by atoms with E-state index in [2.05, 4.69) is 52.1 Å². The first kappa shape index (κ1) is 22.3. The third kappa shape index (κ3) is 3.79. The highest BCUT2D eigenvalue weighted by molar-refractivity contribution is 5.98. The maximum Gasteiger partial charge on any atom is 0.164 e. The van der Waals surface area contributed by atoms with Crippen molar-refractivity contribution < 1.29 is 4.74 Å². The molecule has 0 spiro atoms. The topological polar surface area (TPSA) is 95.0 Å². The number of aryl methyl sites for hydroxylation is 1. The zero-order valence-electron chi connectivity index (χ0n) is 20.6. The van der Waals surface area contributed by atoms with Gasteiger partial charge in [-0.1, -0.05) is 25.1 Å². The molecular formula is C28H29N7O. The summed E-state index contributed by atoms with van der Waals surface area (Å²) in [6.45, 7) is 4.75. The number of fused-ring (bicyclic) bond motifs is 2. The number of rotatable bonds is 6. The van der Waals surface area contributed by atoms with E-state index in [0.29, 0.717) is 12.4 Å². The fourth-order valence-corrected chi connectivity index (χ4v) is 5.18. The second-order valence-electron chi connectivity index (χ2n) is 9.19. The Balaban J connectivity index is 1.50. The van der Waals surface area contributed by atoms with E-state index >= 15 is 0 Å². The van der Waals surface area contributed by atoms with Crippen LogP contribution in [0.1, 0.15) is 30.9 Å². The second kappa shape index (κ2) is 9.11. The Morgan fingerprint density at radius 3 is 2.64 bits per heavy atom. The van der Waals surface area contributed by atoms with Crippen LogP contribution in [0.4, 0.5) is 11.6 Å². The quantitative estimate of drug-likeness (QED) is 0.372. The van der Waals surface area contributed by atoms with E-state index < -0.39 is 0 Å². The Morgan fingerprint density at radius 1 is 1.00 bits per heavy atom. The largest absolute Gasteiger partial charge is 0.496 e. The molecule has 0 aliphatic carbocycles. The summed E-state index contributed by atoms with van der Waals surface area (Å²) < 4.78 is 7.47. The van der Waals surface area contributed by atoms with E-state index in [1.54, 1.807) is 7.11 Å². The standard InChI is InChI=1S/C28H29N7O/c1-3-18-14-19(10-11-23(18)36-2)26-25-27(29)30-17-31-28(25)35(33-26)16-20-15-24(34-12-6-7-13-34)32-22-9-5-4-8-21(20)22/h4-5,8-11,14-15,17H,3,6-7,12-13,16H2,1-2H3,(H2,29,30,31). The van der Waals surface area contributed by atoms with Crippen molar-refractivity contribution in [1.29, 1.82) is 0 Å². The molecule has 0 amide bonds. The second-order valence-corrected chi connectivity index (χ2v) is 9.19. The highest BCUT2D eigenvalue weighted by atomic mass is 16.5. The molecule has 1 aliphatic rings. The summed E-state index contributed by atoms with van der Waals surface area (Å²) in [5, 5.41) is 6.92. The number of nitrogens with zero attached hydrogens (tertiary/aromatic N) is 6. The summed E-state index contributed by atoms with van der Waals surface area (Å²) in [5.74, 6) is 2.31. The van der Waals surface area contributed by atoms with E-state index in [0.717, 1.165) is 75.4 Å². The molecule has 2 N–H and O–H groups in total. The van der Waals surface area contributed by atoms with E-state index in [1.807, 2.05) is 22.9 Å². The number of hydrogen-bond acceptors (Lipinski definition) is 7. The summed E-state index contributed by atoms with van der Waals surface area (Å²) in [4.78, 5) is 16.2. The van der Waals surface area contributed by atoms with Crippen LogP contribution in [0.5, 0.6) is 5.75 Å². The molecule has 0 atom stereocenters. The van der Waals surface area contributed by atoms with Gasteiger partial charge in [-0.25, -0.2) is 19.6 Å². The zero-order valence-corrected chi connectivity index (χ0v) is 20.6. The molecule has 4 heterocycles. The van der Waals surface area contributed by atoms with Gasteiger partial charge in [0.25, 0.3) is 0 Å². The van der Waals surface area contributed by atoms with Gasteiger partial charge in [0.05, 0.1) is 24.6 Å². The van der Waals surface area contributed by atoms with Gasteiger partial charge in [-0.15, -0.1) is 0 Å². The van der Waals surface area contributed by atoms with Gasteiger partial charge in [0.2, 0.25) is 0 Å². The molecule has 36 heavy (non-hydrogen) atoms. The van der Waals surface area contributed by atoms with Crippen LogP contribution in [0, 0.1) is 0 Å². The van der Waals surface area contributed by atoms with Gasteiger partial charge in [0, 0.05) is 24.0 Å². The van der Waals surface area contributed by atoms with Gasteiger partial charge in [-0.2, -0.15) is 5.10 Å². The number of benzene rings is 2. The van der Waals surface area contributed by atoms with Crippen LogP contribution in [0.25, 0.3) is 33.2 Å². The maximum atomic E-state index is 6.38. The normalized spacial score (nSPS) is 13.7. The molecule has 8 heteroatoms. The molecule has 182 valence electrons. The van der Waals surface area contributed by atoms with E-state index in [9.17, 15) is 0 Å². The molecule has 2 aromatic carbocycles. The van der Waals surface area contributed by atoms with Crippen molar-refractivity contribution >= 4 is 33.6 Å². The van der Waals surface area contributed by atoms with Crippen molar-refractivity contribution in [2.75, 3.05) is 30.8 Å². The zero-order chi connectivity index (χ0) is 24.6. The Kier molecular flexibility index (Phi) is 5.64. The summed E-state index contributed by atoms with van der Waals surface area (Å²) in [5.41, 5.74) is 12.1. The average molecular weight is 480 g/mol. The number of para-hydroxylation sites is 1. The molecule has 0 bridgehead atoms. The molecule has 0 saturated carbocycles. The summed E-state index contributed by atoms with van der Waals surface area (Å²) in [6, 6.07) is 16.6. The van der Waals surface area contributed by atoms with Crippen LogP contribution in [0.15, 0.2) is 54.9 Å². The number of methoxy groups -OCH3 is 1. The number of nitrogens with two attached hydrogens (primary N) is 1. The molecule has 1 saturated heterocycles. The summed E-state index contributed by atoms with van der Waals surface area (Å²) in [7, 11) is 1.69. The smallest absolute Gasteiger partial charge is 0.164 e. The fraction of sp³-hybridized carbons (Fsp3) is 0.286. The third-order valence-electron chi connectivity index (χ3n) is 7.03. The molecule has 1 aliphatic heterocycles. The predicted octanol–water partition coefficient (Wildman–Crippen LogP) is 4.84. The minimum Gasteiger partial charge on any atom is -0.496 e. The lowest BCUT2D eigenvalue weighted by Crippen LogP contribution is -2.19. The lowest BCUT2D eigenvalue weighted by molar-refractivity contribution is 0.410. The molecule has 1 fully saturated rings. The van der Waals surface area contributed by atoms with E-state index in [4.69, 9.17) is 20.6 Å². The van der Waals surface area contributed by atoms with Crippen molar-refractivity contribution in [3.05, 3.63) is 66.0 Å². The molecule has 0 radical (unpaired) electrons. The summed E-state index contributed by atoms with van der Waals surface area (Å²) in [6.07, 6.45) is 4.76. The number of pyridine rings is 1. The Morgan fingerprint density at radius 2 is 1.83 bits per heavy atom. The van der Waals surface area contributed by atoms with Gasteiger partial charge in [0.15, 0.2) is 5.65 Å². The lowest BCUT2D eigenvalue weighted by atomic mass is 10.0. The number of aromatic nitrogens is 5. The minimum atomic E-state index is 0.424. The van der Waals surface area contributed by atoms with Crippen LogP contribution in [-0.2, 0) is 13.0 Å². The van der Waals surface area contributed by atoms with Crippen LogP contribution in [-0.4, -0.2) is 44.9 Å². The van der Waals surface area contributed by atoms with Crippen molar-refractivity contribution in [1.82, 2.24) is 24.7 Å². The molecule has 8 nitrogen and oxygen atoms in total. The van der Waals surface area contributed by atoms with Crippen molar-refractivity contribution in [2.24, 2.45) is 0 Å². The number of ether oxygens (including phenoxy) is 1. The maximum absolute atomic E-state index is 6.38. The summed E-state index contributed by atoms with van der Waals surface area (Å²) >= 11 is 0. The van der Waals surface area contributed by atoms with Crippen LogP contribution in [0.3, 0.4) is 0 Å². The first-order valence-corrected chi connectivity index (χ1v) is 12.4. The van der Waals surface area contributed by atoms with Crippen molar-refractivity contribution in [3.8, 4) is 17.0 Å². The highest BCUT2D eigenvalue weighted by Gasteiger charge is 2.20. The van der Waals surface area contributed by atoms with Crippen molar-refractivity contribution in [3.63, 3.8) is 0 Å². The van der Waals surface area contributed by atoms with E-state index in [-0.39, 0.29) is 0 Å². The Labute approximate surface area is 209 Å². The monoisotopic (exact) mass is 479 g/mol. The molecule has 5 aromatic rings. The molecule has 0 unspecified atom stereocenters. The Bertz CT molecular complexity index is 1570. The third-order valence-corrected chi connectivity index (χ3v) is 7.03. The lowest BCUT2D eigenvalue weighted by Gasteiger charge is -2.19. The van der Waals surface area contributed by atoms with Gasteiger partial charge in [0.1, 0.15) is 29.4 Å². The van der Waals surface area contributed by atoms with E-state index in [1.165, 1.54) is 19.2 Å². The minimum absolute atomic E-state index is 0.424. The SMILES string of the molecule is CCc1cc(-c2nn(Cc3cc(N4CCCC4)nc4ccccc34)c3ncnc(N)c23)ccc1OC. The van der Waals surface area contributed by atoms with Gasteiger partial charge < -0.3 is 15.4 Å². The van der Waals surface area contributed by atoms with Gasteiger partial charge in [-0.3, -0.25) is 0 Å². The van der Waals surface area contributed by atoms with Gasteiger partial charge in [-0.05, 0) is 60.7 Å². The van der Waals surface area contributed by atoms with Crippen LogP contribution < -0.4 is 15.4 Å². The van der Waals surface area contributed by atoms with Gasteiger partial charge >= 0.3 is 0 Å². The molecule has 3 aromatic heterocycles. The predicted molar refractivity (Wildman–Crippen MR) is 143 cm³/mol. The average Bonchev–Trinajstić information content (AvgIpc) is 3.58. The first-order valence-electron chi connectivity index (χ1n) is 12.4. The first-order chi connectivity index (χ1) is 17.7. The van der Waals surface area contributed by atoms with Crippen LogP contribution in [0.2, 0.25) is 0 Å². The Hall–Kier alpha value is -4.20. The number of hydrogen-bond donors (Lipinski definition) is 1. The molecule has 6 rings (SSSR count). The van der Waals surface area contributed by atoms with Crippen LogP contribution >= 0.6 is 0 Å².